The Bertz CT molecular complexity index is 1060. The Kier molecular flexibility index (Phi) is 6.95. The van der Waals surface area contributed by atoms with Crippen molar-refractivity contribution in [3.63, 3.8) is 0 Å². The van der Waals surface area contributed by atoms with Crippen molar-refractivity contribution in [2.75, 3.05) is 0 Å². The summed E-state index contributed by atoms with van der Waals surface area (Å²) in [5.41, 5.74) is 4.66. The van der Waals surface area contributed by atoms with Crippen LogP contribution in [0.2, 0.25) is 5.02 Å². The number of aromatic nitrogens is 4. The van der Waals surface area contributed by atoms with E-state index in [2.05, 4.69) is 15.2 Å². The van der Waals surface area contributed by atoms with E-state index in [0.717, 1.165) is 41.1 Å². The topological polar surface area (TPSA) is 74.4 Å². The summed E-state index contributed by atoms with van der Waals surface area (Å²) in [4.78, 5) is 20.4. The van der Waals surface area contributed by atoms with Gasteiger partial charge >= 0.3 is 0 Å². The lowest BCUT2D eigenvalue weighted by Crippen LogP contribution is -2.21. The van der Waals surface area contributed by atoms with Crippen LogP contribution in [0.25, 0.3) is 11.3 Å². The summed E-state index contributed by atoms with van der Waals surface area (Å²) in [5, 5.41) is 8.84. The largest absolute Gasteiger partial charge is 0.301 e. The first-order chi connectivity index (χ1) is 14.6. The lowest BCUT2D eigenvalue weighted by molar-refractivity contribution is 0.352. The third-order valence-corrected chi connectivity index (χ3v) is 6.91. The van der Waals surface area contributed by atoms with Crippen molar-refractivity contribution in [1.29, 1.82) is 0 Å². The lowest BCUT2D eigenvalue weighted by atomic mass is 9.85. The van der Waals surface area contributed by atoms with Gasteiger partial charge in [-0.05, 0) is 37.0 Å². The highest BCUT2D eigenvalue weighted by molar-refractivity contribution is 7.98. The summed E-state index contributed by atoms with van der Waals surface area (Å²) in [5.74, 6) is 1.29. The van der Waals surface area contributed by atoms with Crippen molar-refractivity contribution < 1.29 is 0 Å². The number of benzene rings is 1. The van der Waals surface area contributed by atoms with Crippen molar-refractivity contribution >= 4 is 23.4 Å². The van der Waals surface area contributed by atoms with E-state index in [4.69, 9.17) is 16.6 Å². The van der Waals surface area contributed by atoms with Crippen LogP contribution in [-0.4, -0.2) is 20.2 Å². The fourth-order valence-electron chi connectivity index (χ4n) is 4.17. The predicted octanol–water partition coefficient (Wildman–Crippen LogP) is 5.79. The minimum Gasteiger partial charge on any atom is -0.301 e. The molecular weight excluding hydrogens is 416 g/mol. The fraction of sp³-hybridized carbons (Fsp3) is 0.435. The quantitative estimate of drug-likeness (QED) is 0.358. The number of aromatic amines is 2. The van der Waals surface area contributed by atoms with Crippen molar-refractivity contribution in [3.8, 4) is 11.3 Å². The fourth-order valence-corrected chi connectivity index (χ4v) is 5.13. The molecule has 5 nitrogen and oxygen atoms in total. The monoisotopic (exact) mass is 442 g/mol. The third kappa shape index (κ3) is 5.16. The maximum atomic E-state index is 12.6. The highest BCUT2D eigenvalue weighted by Gasteiger charge is 2.18. The number of hydrogen-bond donors (Lipinski definition) is 2. The molecule has 0 aliphatic heterocycles. The number of hydrogen-bond acceptors (Lipinski definition) is 4. The predicted molar refractivity (Wildman–Crippen MR) is 123 cm³/mol. The van der Waals surface area contributed by atoms with Crippen LogP contribution in [0.3, 0.4) is 0 Å². The molecule has 0 bridgehead atoms. The average molecular weight is 443 g/mol. The van der Waals surface area contributed by atoms with Crippen LogP contribution in [0, 0.1) is 5.92 Å². The highest BCUT2D eigenvalue weighted by atomic mass is 35.5. The molecule has 0 spiro atoms. The molecule has 3 aromatic rings. The second kappa shape index (κ2) is 9.84. The van der Waals surface area contributed by atoms with E-state index in [1.807, 2.05) is 37.3 Å². The van der Waals surface area contributed by atoms with Crippen LogP contribution in [-0.2, 0) is 18.6 Å². The standard InChI is InChI=1S/C23H27ClN4OS/c1-2-19-21(11-15-7-4-3-5-8-15)25-23(26-22(19)29)30-14-18-13-20(28-27-18)16-9-6-10-17(24)12-16/h6,9-10,12-13,15H,2-5,7-8,11,14H2,1H3,(H,27,28)(H,25,26,29). The molecule has 30 heavy (non-hydrogen) atoms. The van der Waals surface area contributed by atoms with E-state index in [1.165, 1.54) is 43.9 Å². The van der Waals surface area contributed by atoms with Crippen LogP contribution < -0.4 is 5.56 Å². The summed E-state index contributed by atoms with van der Waals surface area (Å²) in [6.07, 6.45) is 8.07. The Morgan fingerprint density at radius 3 is 2.80 bits per heavy atom. The van der Waals surface area contributed by atoms with E-state index in [9.17, 15) is 4.79 Å². The Hall–Kier alpha value is -2.05. The maximum Gasteiger partial charge on any atom is 0.254 e. The molecular formula is C23H27ClN4OS. The molecule has 1 aliphatic rings. The van der Waals surface area contributed by atoms with Gasteiger partial charge in [0.2, 0.25) is 0 Å². The Labute approximate surface area is 186 Å². The summed E-state index contributed by atoms with van der Waals surface area (Å²) in [6.45, 7) is 2.03. The number of thioether (sulfide) groups is 1. The van der Waals surface area contributed by atoms with Gasteiger partial charge in [0.25, 0.3) is 5.56 Å². The van der Waals surface area contributed by atoms with Gasteiger partial charge in [0.1, 0.15) is 0 Å². The van der Waals surface area contributed by atoms with Crippen molar-refractivity contribution in [2.45, 2.75) is 62.8 Å². The zero-order valence-corrected chi connectivity index (χ0v) is 18.8. The Balaban J connectivity index is 1.47. The van der Waals surface area contributed by atoms with Crippen molar-refractivity contribution in [2.24, 2.45) is 5.92 Å². The molecule has 0 atom stereocenters. The summed E-state index contributed by atoms with van der Waals surface area (Å²) in [7, 11) is 0. The van der Waals surface area contributed by atoms with Gasteiger partial charge in [-0.2, -0.15) is 5.10 Å². The minimum atomic E-state index is 0.00227. The van der Waals surface area contributed by atoms with Crippen LogP contribution in [0.4, 0.5) is 0 Å². The SMILES string of the molecule is CCc1c(CC2CCCCC2)nc(SCc2cc(-c3cccc(Cl)c3)[nH]n2)[nH]c1=O. The molecule has 1 aromatic carbocycles. The molecule has 4 rings (SSSR count). The van der Waals surface area contributed by atoms with Crippen molar-refractivity contribution in [3.05, 3.63) is 62.7 Å². The van der Waals surface area contributed by atoms with E-state index < -0.39 is 0 Å². The zero-order chi connectivity index (χ0) is 20.9. The number of nitrogens with zero attached hydrogens (tertiary/aromatic N) is 2. The molecule has 2 heterocycles. The molecule has 158 valence electrons. The first-order valence-electron chi connectivity index (χ1n) is 10.7. The molecule has 1 fully saturated rings. The average Bonchev–Trinajstić information content (AvgIpc) is 3.22. The molecule has 2 aromatic heterocycles. The molecule has 0 unspecified atom stereocenters. The van der Waals surface area contributed by atoms with Gasteiger partial charge in [-0.3, -0.25) is 9.89 Å². The number of rotatable bonds is 7. The highest BCUT2D eigenvalue weighted by Crippen LogP contribution is 2.28. The second-order valence-electron chi connectivity index (χ2n) is 7.93. The van der Waals surface area contributed by atoms with Crippen LogP contribution in [0.5, 0.6) is 0 Å². The molecule has 1 saturated carbocycles. The molecule has 0 amide bonds. The van der Waals surface area contributed by atoms with Crippen LogP contribution in [0.1, 0.15) is 56.0 Å². The van der Waals surface area contributed by atoms with Gasteiger partial charge in [0.05, 0.1) is 17.1 Å². The van der Waals surface area contributed by atoms with Gasteiger partial charge < -0.3 is 4.98 Å². The van der Waals surface area contributed by atoms with E-state index >= 15 is 0 Å². The first-order valence-corrected chi connectivity index (χ1v) is 12.0. The third-order valence-electron chi connectivity index (χ3n) is 5.76. The second-order valence-corrected chi connectivity index (χ2v) is 9.33. The van der Waals surface area contributed by atoms with Gasteiger partial charge in [0.15, 0.2) is 5.16 Å². The number of halogens is 1. The van der Waals surface area contributed by atoms with E-state index in [-0.39, 0.29) is 5.56 Å². The van der Waals surface area contributed by atoms with Gasteiger partial charge in [-0.1, -0.05) is 74.5 Å². The van der Waals surface area contributed by atoms with Crippen LogP contribution in [0.15, 0.2) is 40.3 Å². The molecule has 1 aliphatic carbocycles. The zero-order valence-electron chi connectivity index (χ0n) is 17.2. The van der Waals surface area contributed by atoms with E-state index in [1.54, 1.807) is 0 Å². The normalized spacial score (nSPS) is 14.9. The molecule has 7 heteroatoms. The summed E-state index contributed by atoms with van der Waals surface area (Å²) in [6, 6.07) is 9.69. The van der Waals surface area contributed by atoms with Crippen molar-refractivity contribution in [1.82, 2.24) is 20.2 Å². The minimum absolute atomic E-state index is 0.00227. The van der Waals surface area contributed by atoms with Gasteiger partial charge in [-0.25, -0.2) is 4.98 Å². The number of nitrogens with one attached hydrogen (secondary N) is 2. The van der Waals surface area contributed by atoms with Gasteiger partial charge in [0, 0.05) is 21.9 Å². The Morgan fingerprint density at radius 1 is 1.20 bits per heavy atom. The number of H-pyrrole nitrogens is 2. The Morgan fingerprint density at radius 2 is 2.03 bits per heavy atom. The maximum absolute atomic E-state index is 12.6. The first kappa shape index (κ1) is 21.2. The smallest absolute Gasteiger partial charge is 0.254 e. The van der Waals surface area contributed by atoms with Crippen LogP contribution >= 0.6 is 23.4 Å². The molecule has 0 radical (unpaired) electrons. The molecule has 2 N–H and O–H groups in total. The van der Waals surface area contributed by atoms with Gasteiger partial charge in [-0.15, -0.1) is 0 Å². The molecule has 0 saturated heterocycles. The lowest BCUT2D eigenvalue weighted by Gasteiger charge is -2.22. The summed E-state index contributed by atoms with van der Waals surface area (Å²) < 4.78 is 0. The summed E-state index contributed by atoms with van der Waals surface area (Å²) >= 11 is 7.61. The van der Waals surface area contributed by atoms with E-state index in [0.29, 0.717) is 21.8 Å².